The maximum Gasteiger partial charge on any atom is 0.272 e. The average Bonchev–Trinajstić information content (AvgIpc) is 2.69. The zero-order valence-corrected chi connectivity index (χ0v) is 16.5. The molecule has 4 aliphatic carbocycles. The van der Waals surface area contributed by atoms with Crippen LogP contribution in [0.2, 0.25) is 0 Å². The lowest BCUT2D eigenvalue weighted by Crippen LogP contribution is -2.60. The molecule has 0 unspecified atom stereocenters. The molecular weight excluding hydrogens is 366 g/mol. The molecule has 29 heavy (non-hydrogen) atoms. The molecule has 4 bridgehead atoms. The highest BCUT2D eigenvalue weighted by molar-refractivity contribution is 5.92. The summed E-state index contributed by atoms with van der Waals surface area (Å²) in [6.07, 6.45) is 7.28. The lowest BCUT2D eigenvalue weighted by atomic mass is 9.53. The van der Waals surface area contributed by atoms with E-state index in [9.17, 15) is 9.59 Å². The van der Waals surface area contributed by atoms with Gasteiger partial charge in [-0.3, -0.25) is 9.59 Å². The van der Waals surface area contributed by atoms with Crippen LogP contribution in [0.15, 0.2) is 47.3 Å². The van der Waals surface area contributed by atoms with Crippen LogP contribution < -0.4 is 15.6 Å². The van der Waals surface area contributed by atoms with E-state index in [-0.39, 0.29) is 17.0 Å². The van der Waals surface area contributed by atoms with Crippen LogP contribution in [0, 0.1) is 17.8 Å². The van der Waals surface area contributed by atoms with Gasteiger partial charge in [-0.25, -0.2) is 4.68 Å². The quantitative estimate of drug-likeness (QED) is 0.819. The first-order valence-electron chi connectivity index (χ1n) is 10.7. The molecule has 4 fully saturated rings. The summed E-state index contributed by atoms with van der Waals surface area (Å²) in [4.78, 5) is 25.1. The van der Waals surface area contributed by atoms with Gasteiger partial charge in [-0.05, 0) is 74.5 Å². The predicted molar refractivity (Wildman–Crippen MR) is 109 cm³/mol. The topological polar surface area (TPSA) is 73.2 Å². The van der Waals surface area contributed by atoms with Gasteiger partial charge in [0.25, 0.3) is 11.5 Å². The molecule has 4 saturated carbocycles. The SMILES string of the molecule is O=C(NC12CC3CC(CC(C3)C1)C2)c1ccc(=O)n(CCOc2ccccc2)n1. The van der Waals surface area contributed by atoms with Crippen LogP contribution >= 0.6 is 0 Å². The van der Waals surface area contributed by atoms with Gasteiger partial charge in [-0.15, -0.1) is 0 Å². The average molecular weight is 393 g/mol. The Morgan fingerprint density at radius 3 is 2.34 bits per heavy atom. The van der Waals surface area contributed by atoms with Crippen molar-refractivity contribution in [3.8, 4) is 5.75 Å². The second kappa shape index (κ2) is 7.32. The van der Waals surface area contributed by atoms with E-state index in [0.29, 0.717) is 18.8 Å². The highest BCUT2D eigenvalue weighted by atomic mass is 16.5. The number of nitrogens with one attached hydrogen (secondary N) is 1. The van der Waals surface area contributed by atoms with Gasteiger partial charge < -0.3 is 10.1 Å². The Bertz CT molecular complexity index is 918. The minimum atomic E-state index is -0.229. The number of carbonyl (C=O) groups excluding carboxylic acids is 1. The molecule has 4 aliphatic rings. The molecule has 1 heterocycles. The summed E-state index contributed by atoms with van der Waals surface area (Å²) in [7, 11) is 0. The largest absolute Gasteiger partial charge is 0.492 e. The Labute approximate surface area is 170 Å². The number of aromatic nitrogens is 2. The standard InChI is InChI=1S/C23H27N3O3/c27-21-7-6-20(25-26(21)8-9-29-19-4-2-1-3-5-19)22(28)24-23-13-16-10-17(14-23)12-18(11-16)15-23/h1-7,16-18H,8-15H2,(H,24,28). The molecule has 1 N–H and O–H groups in total. The van der Waals surface area contributed by atoms with Crippen LogP contribution in [0.4, 0.5) is 0 Å². The zero-order valence-electron chi connectivity index (χ0n) is 16.5. The normalized spacial score (nSPS) is 29.6. The van der Waals surface area contributed by atoms with Crippen LogP contribution in [0.1, 0.15) is 49.0 Å². The summed E-state index contributed by atoms with van der Waals surface area (Å²) in [5, 5.41) is 7.64. The highest BCUT2D eigenvalue weighted by Gasteiger charge is 2.51. The minimum absolute atomic E-state index is 0.0646. The van der Waals surface area contributed by atoms with Crippen molar-refractivity contribution in [1.82, 2.24) is 15.1 Å². The maximum atomic E-state index is 13.0. The molecule has 0 radical (unpaired) electrons. The molecule has 1 amide bonds. The van der Waals surface area contributed by atoms with Crippen molar-refractivity contribution in [1.29, 1.82) is 0 Å². The molecule has 0 spiro atoms. The van der Waals surface area contributed by atoms with E-state index in [1.807, 2.05) is 30.3 Å². The molecule has 0 saturated heterocycles. The van der Waals surface area contributed by atoms with E-state index >= 15 is 0 Å². The van der Waals surface area contributed by atoms with Crippen molar-refractivity contribution in [3.05, 3.63) is 58.5 Å². The number of para-hydroxylation sites is 1. The van der Waals surface area contributed by atoms with E-state index in [2.05, 4.69) is 10.4 Å². The van der Waals surface area contributed by atoms with Gasteiger partial charge >= 0.3 is 0 Å². The third-order valence-electron chi connectivity index (χ3n) is 6.83. The van der Waals surface area contributed by atoms with Gasteiger partial charge in [0.15, 0.2) is 0 Å². The fourth-order valence-corrected chi connectivity index (χ4v) is 6.07. The lowest BCUT2D eigenvalue weighted by molar-refractivity contribution is -0.0168. The van der Waals surface area contributed by atoms with Gasteiger partial charge in [0, 0.05) is 11.6 Å². The number of nitrogens with zero attached hydrogens (tertiary/aromatic N) is 2. The molecule has 0 aliphatic heterocycles. The molecule has 1 aromatic heterocycles. The molecule has 0 atom stereocenters. The monoisotopic (exact) mass is 393 g/mol. The summed E-state index contributed by atoms with van der Waals surface area (Å²) < 4.78 is 6.97. The van der Waals surface area contributed by atoms with E-state index in [4.69, 9.17) is 4.74 Å². The first-order chi connectivity index (χ1) is 14.1. The molecule has 6 rings (SSSR count). The Morgan fingerprint density at radius 1 is 1.03 bits per heavy atom. The number of hydrogen-bond donors (Lipinski definition) is 1. The number of carbonyl (C=O) groups is 1. The molecule has 152 valence electrons. The Morgan fingerprint density at radius 2 is 1.69 bits per heavy atom. The van der Waals surface area contributed by atoms with Crippen LogP contribution in [0.5, 0.6) is 5.75 Å². The van der Waals surface area contributed by atoms with Crippen molar-refractivity contribution in [2.24, 2.45) is 17.8 Å². The second-order valence-corrected chi connectivity index (χ2v) is 9.09. The summed E-state index contributed by atoms with van der Waals surface area (Å²) in [5.74, 6) is 2.87. The molecular formula is C23H27N3O3. The minimum Gasteiger partial charge on any atom is -0.492 e. The van der Waals surface area contributed by atoms with Crippen LogP contribution in [0.3, 0.4) is 0 Å². The molecule has 2 aromatic rings. The number of benzene rings is 1. The fraction of sp³-hybridized carbons (Fsp3) is 0.522. The van der Waals surface area contributed by atoms with Gasteiger partial charge in [0.05, 0.1) is 6.54 Å². The highest BCUT2D eigenvalue weighted by Crippen LogP contribution is 2.55. The summed E-state index contributed by atoms with van der Waals surface area (Å²) in [5.41, 5.74) is 0.0123. The van der Waals surface area contributed by atoms with E-state index in [1.54, 1.807) is 0 Å². The summed E-state index contributed by atoms with van der Waals surface area (Å²) in [6.45, 7) is 0.614. The van der Waals surface area contributed by atoms with Crippen LogP contribution in [0.25, 0.3) is 0 Å². The van der Waals surface area contributed by atoms with Gasteiger partial charge in [0.1, 0.15) is 18.1 Å². The zero-order chi connectivity index (χ0) is 19.8. The van der Waals surface area contributed by atoms with Crippen molar-refractivity contribution in [2.75, 3.05) is 6.61 Å². The summed E-state index contributed by atoms with van der Waals surface area (Å²) >= 11 is 0. The van der Waals surface area contributed by atoms with E-state index in [0.717, 1.165) is 42.8 Å². The predicted octanol–water partition coefficient (Wildman–Crippen LogP) is 3.02. The Balaban J connectivity index is 1.26. The molecule has 6 heteroatoms. The number of hydrogen-bond acceptors (Lipinski definition) is 4. The third kappa shape index (κ3) is 3.80. The first-order valence-corrected chi connectivity index (χ1v) is 10.7. The van der Waals surface area contributed by atoms with E-state index < -0.39 is 0 Å². The molecule has 1 aromatic carbocycles. The Kier molecular flexibility index (Phi) is 4.64. The smallest absolute Gasteiger partial charge is 0.272 e. The maximum absolute atomic E-state index is 13.0. The second-order valence-electron chi connectivity index (χ2n) is 9.09. The van der Waals surface area contributed by atoms with Crippen molar-refractivity contribution >= 4 is 5.91 Å². The lowest BCUT2D eigenvalue weighted by Gasteiger charge is -2.56. The van der Waals surface area contributed by atoms with Crippen molar-refractivity contribution in [3.63, 3.8) is 0 Å². The van der Waals surface area contributed by atoms with Gasteiger partial charge in [0.2, 0.25) is 0 Å². The number of amides is 1. The van der Waals surface area contributed by atoms with Crippen molar-refractivity contribution in [2.45, 2.75) is 50.6 Å². The fourth-order valence-electron chi connectivity index (χ4n) is 6.07. The number of rotatable bonds is 6. The van der Waals surface area contributed by atoms with Gasteiger partial charge in [-0.2, -0.15) is 5.10 Å². The molecule has 6 nitrogen and oxygen atoms in total. The summed E-state index contributed by atoms with van der Waals surface area (Å²) in [6, 6.07) is 12.4. The first kappa shape index (κ1) is 18.4. The van der Waals surface area contributed by atoms with E-state index in [1.165, 1.54) is 36.1 Å². The third-order valence-corrected chi connectivity index (χ3v) is 6.83. The van der Waals surface area contributed by atoms with Crippen LogP contribution in [-0.4, -0.2) is 27.8 Å². The van der Waals surface area contributed by atoms with Crippen LogP contribution in [-0.2, 0) is 6.54 Å². The van der Waals surface area contributed by atoms with Gasteiger partial charge in [-0.1, -0.05) is 18.2 Å². The Hall–Kier alpha value is -2.63. The van der Waals surface area contributed by atoms with Crippen molar-refractivity contribution < 1.29 is 9.53 Å². The number of ether oxygens (including phenoxy) is 1.